The van der Waals surface area contributed by atoms with Crippen LogP contribution in [0.1, 0.15) is 18.7 Å². The summed E-state index contributed by atoms with van der Waals surface area (Å²) in [5.74, 6) is 0.991. The second-order valence-electron chi connectivity index (χ2n) is 5.94. The number of sulfonamides is 1. The third kappa shape index (κ3) is 3.97. The summed E-state index contributed by atoms with van der Waals surface area (Å²) in [6.07, 6.45) is 2.65. The Balaban J connectivity index is 1.74. The molecule has 0 N–H and O–H groups in total. The fraction of sp³-hybridized carbons (Fsp3) is 0.375. The molecule has 3 rings (SSSR count). The number of aromatic nitrogens is 2. The van der Waals surface area contributed by atoms with Gasteiger partial charge in [-0.2, -0.15) is 9.29 Å². The van der Waals surface area contributed by atoms with Crippen LogP contribution < -0.4 is 4.74 Å². The molecular weight excluding hydrogens is 360 g/mol. The smallest absolute Gasteiger partial charge is 0.269 e. The number of hydrogen-bond donors (Lipinski definition) is 0. The Morgan fingerprint density at radius 1 is 1.27 bits per heavy atom. The van der Waals surface area contributed by atoms with Crippen LogP contribution in [-0.4, -0.2) is 46.8 Å². The Morgan fingerprint density at radius 3 is 2.65 bits per heavy atom. The van der Waals surface area contributed by atoms with E-state index in [0.717, 1.165) is 6.42 Å². The average molecular weight is 378 g/mol. The minimum absolute atomic E-state index is 0.0293. The highest BCUT2D eigenvalue weighted by molar-refractivity contribution is 7.89. The third-order valence-electron chi connectivity index (χ3n) is 4.06. The standard InChI is InChI=1S/C16H18N4O5S/c1-12-17-9-8-16(18-12)25-14-3-2-10-19(11-14)26(23,24)15-6-4-13(5-7-15)20(21)22/h4-9,14H,2-3,10-11H2,1H3. The molecular formula is C16H18N4O5S. The lowest BCUT2D eigenvalue weighted by Gasteiger charge is -2.31. The van der Waals surface area contributed by atoms with Gasteiger partial charge in [-0.25, -0.2) is 13.4 Å². The second kappa shape index (κ2) is 7.34. The van der Waals surface area contributed by atoms with Crippen molar-refractivity contribution < 1.29 is 18.1 Å². The van der Waals surface area contributed by atoms with Crippen LogP contribution in [0.25, 0.3) is 0 Å². The van der Waals surface area contributed by atoms with E-state index in [-0.39, 0.29) is 23.2 Å². The Labute approximate surface area is 150 Å². The normalized spacial score (nSPS) is 18.4. The largest absolute Gasteiger partial charge is 0.473 e. The highest BCUT2D eigenvalue weighted by Crippen LogP contribution is 2.24. The fourth-order valence-electron chi connectivity index (χ4n) is 2.78. The zero-order valence-corrected chi connectivity index (χ0v) is 14.9. The molecule has 9 nitrogen and oxygen atoms in total. The zero-order chi connectivity index (χ0) is 18.7. The quantitative estimate of drug-likeness (QED) is 0.576. The van der Waals surface area contributed by atoms with Gasteiger partial charge < -0.3 is 4.74 Å². The summed E-state index contributed by atoms with van der Waals surface area (Å²) in [5.41, 5.74) is -0.150. The molecule has 1 atom stereocenters. The number of nitro groups is 1. The molecule has 1 saturated heterocycles. The summed E-state index contributed by atoms with van der Waals surface area (Å²) in [6, 6.07) is 6.52. The topological polar surface area (TPSA) is 116 Å². The molecule has 0 amide bonds. The Morgan fingerprint density at radius 2 is 2.00 bits per heavy atom. The van der Waals surface area contributed by atoms with Gasteiger partial charge in [0.2, 0.25) is 15.9 Å². The van der Waals surface area contributed by atoms with Crippen molar-refractivity contribution in [2.75, 3.05) is 13.1 Å². The molecule has 0 aliphatic carbocycles. The molecule has 1 aliphatic rings. The van der Waals surface area contributed by atoms with Crippen molar-refractivity contribution in [3.05, 3.63) is 52.5 Å². The van der Waals surface area contributed by atoms with Crippen LogP contribution in [-0.2, 0) is 10.0 Å². The molecule has 1 aromatic heterocycles. The van der Waals surface area contributed by atoms with Gasteiger partial charge >= 0.3 is 0 Å². The van der Waals surface area contributed by atoms with Gasteiger partial charge in [-0.15, -0.1) is 0 Å². The molecule has 0 radical (unpaired) electrons. The lowest BCUT2D eigenvalue weighted by Crippen LogP contribution is -2.44. The second-order valence-corrected chi connectivity index (χ2v) is 7.88. The van der Waals surface area contributed by atoms with E-state index in [2.05, 4.69) is 9.97 Å². The number of rotatable bonds is 5. The zero-order valence-electron chi connectivity index (χ0n) is 14.1. The van der Waals surface area contributed by atoms with Crippen LogP contribution in [0.3, 0.4) is 0 Å². The Hall–Kier alpha value is -2.59. The van der Waals surface area contributed by atoms with Crippen molar-refractivity contribution in [3.63, 3.8) is 0 Å². The molecule has 0 spiro atoms. The maximum Gasteiger partial charge on any atom is 0.269 e. The predicted molar refractivity (Wildman–Crippen MR) is 92.3 cm³/mol. The van der Waals surface area contributed by atoms with E-state index in [1.54, 1.807) is 19.2 Å². The fourth-order valence-corrected chi connectivity index (χ4v) is 4.29. The van der Waals surface area contributed by atoms with E-state index in [1.165, 1.54) is 28.6 Å². The number of ether oxygens (including phenoxy) is 1. The molecule has 1 unspecified atom stereocenters. The number of nitrogens with zero attached hydrogens (tertiary/aromatic N) is 4. The average Bonchev–Trinajstić information content (AvgIpc) is 2.62. The molecule has 10 heteroatoms. The SMILES string of the molecule is Cc1nccc(OC2CCCN(S(=O)(=O)c3ccc([N+](=O)[O-])cc3)C2)n1. The van der Waals surface area contributed by atoms with E-state index in [9.17, 15) is 18.5 Å². The van der Waals surface area contributed by atoms with Crippen molar-refractivity contribution >= 4 is 15.7 Å². The number of piperidine rings is 1. The van der Waals surface area contributed by atoms with E-state index in [0.29, 0.717) is 24.7 Å². The van der Waals surface area contributed by atoms with E-state index < -0.39 is 14.9 Å². The monoisotopic (exact) mass is 378 g/mol. The van der Waals surface area contributed by atoms with Gasteiger partial charge in [-0.3, -0.25) is 10.1 Å². The first-order chi connectivity index (χ1) is 12.4. The van der Waals surface area contributed by atoms with E-state index >= 15 is 0 Å². The van der Waals surface area contributed by atoms with Gasteiger partial charge in [-0.05, 0) is 31.9 Å². The molecule has 26 heavy (non-hydrogen) atoms. The van der Waals surface area contributed by atoms with Crippen LogP contribution in [0, 0.1) is 17.0 Å². The van der Waals surface area contributed by atoms with Crippen molar-refractivity contribution in [1.82, 2.24) is 14.3 Å². The summed E-state index contributed by atoms with van der Waals surface area (Å²) in [7, 11) is -3.74. The van der Waals surface area contributed by atoms with Crippen molar-refractivity contribution in [1.29, 1.82) is 0 Å². The summed E-state index contributed by atoms with van der Waals surface area (Å²) in [6.45, 7) is 2.32. The minimum atomic E-state index is -3.74. The summed E-state index contributed by atoms with van der Waals surface area (Å²) >= 11 is 0. The molecule has 2 aromatic rings. The molecule has 1 aliphatic heterocycles. The lowest BCUT2D eigenvalue weighted by atomic mass is 10.1. The number of hydrogen-bond acceptors (Lipinski definition) is 7. The maximum absolute atomic E-state index is 12.8. The van der Waals surface area contributed by atoms with Crippen LogP contribution in [0.2, 0.25) is 0 Å². The summed E-state index contributed by atoms with van der Waals surface area (Å²) in [4.78, 5) is 18.4. The number of aryl methyl sites for hydroxylation is 1. The van der Waals surface area contributed by atoms with Gasteiger partial charge in [0.15, 0.2) is 0 Å². The maximum atomic E-state index is 12.8. The van der Waals surface area contributed by atoms with Crippen LogP contribution >= 0.6 is 0 Å². The number of non-ortho nitro benzene ring substituents is 1. The lowest BCUT2D eigenvalue weighted by molar-refractivity contribution is -0.384. The van der Waals surface area contributed by atoms with Crippen LogP contribution in [0.4, 0.5) is 5.69 Å². The first-order valence-electron chi connectivity index (χ1n) is 8.07. The Bertz CT molecular complexity index is 901. The van der Waals surface area contributed by atoms with Crippen LogP contribution in [0.15, 0.2) is 41.4 Å². The van der Waals surface area contributed by atoms with Gasteiger partial charge in [0.25, 0.3) is 5.69 Å². The predicted octanol–water partition coefficient (Wildman–Crippen LogP) is 1.93. The van der Waals surface area contributed by atoms with Gasteiger partial charge in [-0.1, -0.05) is 0 Å². The molecule has 1 fully saturated rings. The molecule has 0 saturated carbocycles. The minimum Gasteiger partial charge on any atom is -0.473 e. The van der Waals surface area contributed by atoms with Crippen molar-refractivity contribution in [2.24, 2.45) is 0 Å². The summed E-state index contributed by atoms with van der Waals surface area (Å²) < 4.78 is 32.7. The van der Waals surface area contributed by atoms with Gasteiger partial charge in [0, 0.05) is 30.9 Å². The molecule has 1 aromatic carbocycles. The van der Waals surface area contributed by atoms with E-state index in [1.807, 2.05) is 0 Å². The van der Waals surface area contributed by atoms with Gasteiger partial charge in [0.05, 0.1) is 16.4 Å². The molecule has 138 valence electrons. The van der Waals surface area contributed by atoms with E-state index in [4.69, 9.17) is 4.74 Å². The van der Waals surface area contributed by atoms with Gasteiger partial charge in [0.1, 0.15) is 11.9 Å². The first kappa shape index (κ1) is 18.2. The van der Waals surface area contributed by atoms with Crippen molar-refractivity contribution in [3.8, 4) is 5.88 Å². The van der Waals surface area contributed by atoms with Crippen LogP contribution in [0.5, 0.6) is 5.88 Å². The summed E-state index contributed by atoms with van der Waals surface area (Å²) in [5, 5.41) is 10.7. The highest BCUT2D eigenvalue weighted by Gasteiger charge is 2.31. The number of benzene rings is 1. The highest BCUT2D eigenvalue weighted by atomic mass is 32.2. The Kier molecular flexibility index (Phi) is 5.14. The van der Waals surface area contributed by atoms with Crippen molar-refractivity contribution in [2.45, 2.75) is 30.8 Å². The molecule has 0 bridgehead atoms. The first-order valence-corrected chi connectivity index (χ1v) is 9.51. The molecule has 2 heterocycles. The number of nitro benzene ring substituents is 1. The third-order valence-corrected chi connectivity index (χ3v) is 5.94.